The lowest BCUT2D eigenvalue weighted by Gasteiger charge is -2.35. The van der Waals surface area contributed by atoms with Crippen LogP contribution in [0.2, 0.25) is 0 Å². The zero-order valence-electron chi connectivity index (χ0n) is 10.5. The van der Waals surface area contributed by atoms with Crippen LogP contribution in [-0.2, 0) is 6.54 Å². The number of halogens is 1. The molecule has 1 aliphatic heterocycles. The Hall–Kier alpha value is -0.450. The van der Waals surface area contributed by atoms with Crippen molar-refractivity contribution in [1.29, 1.82) is 0 Å². The number of aromatic nitrogens is 1. The Morgan fingerprint density at radius 2 is 2.35 bits per heavy atom. The number of hydrogen-bond acceptors (Lipinski definition) is 3. The van der Waals surface area contributed by atoms with Crippen LogP contribution in [0.15, 0.2) is 22.9 Å². The number of nitrogens with zero attached hydrogens (tertiary/aromatic N) is 2. The van der Waals surface area contributed by atoms with Gasteiger partial charge in [0.25, 0.3) is 0 Å². The van der Waals surface area contributed by atoms with Gasteiger partial charge in [0.05, 0.1) is 0 Å². The molecule has 1 fully saturated rings. The Labute approximate surface area is 112 Å². The number of nitrogens with one attached hydrogen (secondary N) is 1. The van der Waals surface area contributed by atoms with Crippen LogP contribution in [0, 0.1) is 0 Å². The predicted octanol–water partition coefficient (Wildman–Crippen LogP) is 2.42. The Bertz CT molecular complexity index is 369. The summed E-state index contributed by atoms with van der Waals surface area (Å²) in [5.41, 5.74) is 1.24. The van der Waals surface area contributed by atoms with E-state index in [0.29, 0.717) is 12.1 Å². The van der Waals surface area contributed by atoms with Crippen molar-refractivity contribution in [1.82, 2.24) is 15.2 Å². The topological polar surface area (TPSA) is 28.2 Å². The maximum absolute atomic E-state index is 4.18. The quantitative estimate of drug-likeness (QED) is 0.929. The molecule has 0 saturated carbocycles. The van der Waals surface area contributed by atoms with Crippen molar-refractivity contribution in [3.8, 4) is 0 Å². The summed E-state index contributed by atoms with van der Waals surface area (Å²) in [6.45, 7) is 4.40. The smallest absolute Gasteiger partial charge is 0.0410 e. The van der Waals surface area contributed by atoms with Crippen molar-refractivity contribution < 1.29 is 0 Å². The first-order valence-electron chi connectivity index (χ1n) is 6.18. The van der Waals surface area contributed by atoms with Gasteiger partial charge in [-0.25, -0.2) is 0 Å². The van der Waals surface area contributed by atoms with Crippen LogP contribution in [0.3, 0.4) is 0 Å². The fraction of sp³-hybridized carbons (Fsp3) is 0.615. The van der Waals surface area contributed by atoms with Gasteiger partial charge in [0, 0.05) is 35.5 Å². The Morgan fingerprint density at radius 1 is 1.53 bits per heavy atom. The third-order valence-corrected chi connectivity index (χ3v) is 4.00. The van der Waals surface area contributed by atoms with E-state index in [-0.39, 0.29) is 0 Å². The summed E-state index contributed by atoms with van der Waals surface area (Å²) < 4.78 is 1.05. The van der Waals surface area contributed by atoms with E-state index in [1.54, 1.807) is 0 Å². The molecule has 1 N–H and O–H groups in total. The second-order valence-electron chi connectivity index (χ2n) is 4.94. The normalized spacial score (nSPS) is 26.1. The van der Waals surface area contributed by atoms with Crippen LogP contribution in [0.4, 0.5) is 0 Å². The molecule has 1 aromatic rings. The maximum atomic E-state index is 4.18. The third kappa shape index (κ3) is 3.76. The molecule has 1 aliphatic rings. The van der Waals surface area contributed by atoms with Gasteiger partial charge in [-0.05, 0) is 60.9 Å². The average Bonchev–Trinajstić information content (AvgIpc) is 2.31. The Kier molecular flexibility index (Phi) is 4.54. The van der Waals surface area contributed by atoms with E-state index in [0.717, 1.165) is 11.0 Å². The first kappa shape index (κ1) is 13.0. The molecule has 4 heteroatoms. The van der Waals surface area contributed by atoms with Crippen molar-refractivity contribution in [3.63, 3.8) is 0 Å². The molecule has 1 saturated heterocycles. The van der Waals surface area contributed by atoms with Gasteiger partial charge in [-0.3, -0.25) is 4.98 Å². The van der Waals surface area contributed by atoms with Crippen molar-refractivity contribution in [3.05, 3.63) is 28.5 Å². The van der Waals surface area contributed by atoms with Gasteiger partial charge >= 0.3 is 0 Å². The summed E-state index contributed by atoms with van der Waals surface area (Å²) >= 11 is 3.45. The highest BCUT2D eigenvalue weighted by Gasteiger charge is 2.21. The molecule has 0 amide bonds. The molecule has 2 unspecified atom stereocenters. The van der Waals surface area contributed by atoms with Crippen molar-refractivity contribution in [2.24, 2.45) is 0 Å². The molecular formula is C13H20BrN3. The van der Waals surface area contributed by atoms with Gasteiger partial charge < -0.3 is 10.2 Å². The highest BCUT2D eigenvalue weighted by Crippen LogP contribution is 2.16. The first-order valence-corrected chi connectivity index (χ1v) is 6.97. The Morgan fingerprint density at radius 3 is 3.06 bits per heavy atom. The predicted molar refractivity (Wildman–Crippen MR) is 73.9 cm³/mol. The number of rotatable bonds is 3. The number of piperidine rings is 1. The molecular weight excluding hydrogens is 278 g/mol. The second-order valence-corrected chi connectivity index (χ2v) is 5.86. The highest BCUT2D eigenvalue weighted by atomic mass is 79.9. The summed E-state index contributed by atoms with van der Waals surface area (Å²) in [4.78, 5) is 6.61. The molecule has 2 rings (SSSR count). The average molecular weight is 298 g/mol. The van der Waals surface area contributed by atoms with Gasteiger partial charge in [0.15, 0.2) is 0 Å². The summed E-state index contributed by atoms with van der Waals surface area (Å²) in [6.07, 6.45) is 6.22. The van der Waals surface area contributed by atoms with E-state index in [4.69, 9.17) is 0 Å². The highest BCUT2D eigenvalue weighted by molar-refractivity contribution is 9.10. The zero-order valence-corrected chi connectivity index (χ0v) is 12.1. The van der Waals surface area contributed by atoms with E-state index in [1.807, 2.05) is 12.4 Å². The van der Waals surface area contributed by atoms with Crippen LogP contribution in [-0.4, -0.2) is 35.6 Å². The number of hydrogen-bond donors (Lipinski definition) is 1. The van der Waals surface area contributed by atoms with Gasteiger partial charge in [0.2, 0.25) is 0 Å². The maximum Gasteiger partial charge on any atom is 0.0410 e. The van der Waals surface area contributed by atoms with E-state index < -0.39 is 0 Å². The van der Waals surface area contributed by atoms with Crippen LogP contribution < -0.4 is 5.32 Å². The molecule has 94 valence electrons. The Balaban J connectivity index is 1.82. The van der Waals surface area contributed by atoms with Crippen molar-refractivity contribution in [2.75, 3.05) is 13.6 Å². The van der Waals surface area contributed by atoms with Crippen molar-refractivity contribution >= 4 is 15.9 Å². The lowest BCUT2D eigenvalue weighted by molar-refractivity contribution is 0.168. The summed E-state index contributed by atoms with van der Waals surface area (Å²) in [5.74, 6) is 0. The summed E-state index contributed by atoms with van der Waals surface area (Å²) in [7, 11) is 2.21. The zero-order chi connectivity index (χ0) is 12.3. The fourth-order valence-corrected chi connectivity index (χ4v) is 2.70. The minimum atomic E-state index is 0.639. The van der Waals surface area contributed by atoms with E-state index in [2.05, 4.69) is 51.2 Å². The third-order valence-electron chi connectivity index (χ3n) is 3.56. The van der Waals surface area contributed by atoms with Gasteiger partial charge in [-0.1, -0.05) is 0 Å². The van der Waals surface area contributed by atoms with Gasteiger partial charge in [-0.2, -0.15) is 0 Å². The molecule has 0 radical (unpaired) electrons. The monoisotopic (exact) mass is 297 g/mol. The van der Waals surface area contributed by atoms with Crippen LogP contribution in [0.25, 0.3) is 0 Å². The number of likely N-dealkylation sites (tertiary alicyclic amines) is 1. The van der Waals surface area contributed by atoms with Gasteiger partial charge in [0.1, 0.15) is 0 Å². The molecule has 0 aromatic carbocycles. The van der Waals surface area contributed by atoms with Crippen LogP contribution >= 0.6 is 15.9 Å². The fourth-order valence-electron chi connectivity index (χ4n) is 2.29. The SMILES string of the molecule is CC1CC(NCc2cncc(Br)c2)CCN1C. The van der Waals surface area contributed by atoms with Crippen LogP contribution in [0.1, 0.15) is 25.3 Å². The summed E-state index contributed by atoms with van der Waals surface area (Å²) in [6, 6.07) is 3.44. The second kappa shape index (κ2) is 5.94. The van der Waals surface area contributed by atoms with Crippen LogP contribution in [0.5, 0.6) is 0 Å². The molecule has 0 bridgehead atoms. The minimum absolute atomic E-state index is 0.639. The lowest BCUT2D eigenvalue weighted by Crippen LogP contribution is -2.45. The summed E-state index contributed by atoms with van der Waals surface area (Å²) in [5, 5.41) is 3.63. The van der Waals surface area contributed by atoms with E-state index in [9.17, 15) is 0 Å². The largest absolute Gasteiger partial charge is 0.310 e. The van der Waals surface area contributed by atoms with Gasteiger partial charge in [-0.15, -0.1) is 0 Å². The molecule has 2 atom stereocenters. The molecule has 0 spiro atoms. The lowest BCUT2D eigenvalue weighted by atomic mass is 9.99. The molecule has 0 aliphatic carbocycles. The first-order chi connectivity index (χ1) is 8.15. The molecule has 17 heavy (non-hydrogen) atoms. The minimum Gasteiger partial charge on any atom is -0.310 e. The standard InChI is InChI=1S/C13H20BrN3/c1-10-5-13(3-4-17(10)2)16-8-11-6-12(14)9-15-7-11/h6-7,9-10,13,16H,3-5,8H2,1-2H3. The molecule has 2 heterocycles. The van der Waals surface area contributed by atoms with E-state index in [1.165, 1.54) is 24.9 Å². The van der Waals surface area contributed by atoms with Crippen molar-refractivity contribution in [2.45, 2.75) is 38.4 Å². The molecule has 3 nitrogen and oxygen atoms in total. The molecule has 1 aromatic heterocycles. The number of pyridine rings is 1. The van der Waals surface area contributed by atoms with E-state index >= 15 is 0 Å².